The Labute approximate surface area is 182 Å². The van der Waals surface area contributed by atoms with Crippen LogP contribution in [0.15, 0.2) is 67.1 Å². The number of hydrogen-bond donors (Lipinski definition) is 1. The lowest BCUT2D eigenvalue weighted by atomic mass is 10.1. The second-order valence-electron chi connectivity index (χ2n) is 6.35. The molecule has 2 heterocycles. The van der Waals surface area contributed by atoms with E-state index in [1.165, 1.54) is 30.6 Å². The van der Waals surface area contributed by atoms with Gasteiger partial charge in [-0.05, 0) is 48.4 Å². The second-order valence-corrected chi connectivity index (χ2v) is 6.35. The third kappa shape index (κ3) is 7.01. The topological polar surface area (TPSA) is 99.6 Å². The van der Waals surface area contributed by atoms with Gasteiger partial charge in [-0.3, -0.25) is 9.78 Å². The standard InChI is InChI=1S/C22H19F2N3O5/c23-22(24)32-16-7-5-15(6-8-16)9-12-26-19(28)14-30-21(29)18-4-2-11-27-20(18)31-17-3-1-10-25-13-17/h1-8,10-11,13,22H,9,12,14H2,(H,26,28). The van der Waals surface area contributed by atoms with Gasteiger partial charge in [0, 0.05) is 18.9 Å². The molecule has 3 rings (SSSR count). The van der Waals surface area contributed by atoms with E-state index < -0.39 is 25.1 Å². The normalized spacial score (nSPS) is 10.5. The molecule has 0 bridgehead atoms. The van der Waals surface area contributed by atoms with Gasteiger partial charge >= 0.3 is 12.6 Å². The van der Waals surface area contributed by atoms with Gasteiger partial charge in [-0.1, -0.05) is 12.1 Å². The average molecular weight is 443 g/mol. The summed E-state index contributed by atoms with van der Waals surface area (Å²) in [6.45, 7) is -3.10. The average Bonchev–Trinajstić information content (AvgIpc) is 2.79. The van der Waals surface area contributed by atoms with Crippen molar-refractivity contribution in [3.63, 3.8) is 0 Å². The number of benzene rings is 1. The summed E-state index contributed by atoms with van der Waals surface area (Å²) in [5, 5.41) is 2.62. The highest BCUT2D eigenvalue weighted by molar-refractivity contribution is 5.93. The minimum absolute atomic E-state index is 0.0326. The lowest BCUT2D eigenvalue weighted by Crippen LogP contribution is -2.30. The molecular formula is C22H19F2N3O5. The molecule has 0 unspecified atom stereocenters. The zero-order valence-corrected chi connectivity index (χ0v) is 16.7. The van der Waals surface area contributed by atoms with Crippen molar-refractivity contribution in [3.05, 3.63) is 78.2 Å². The Morgan fingerprint density at radius 1 is 1.00 bits per heavy atom. The van der Waals surface area contributed by atoms with Crippen molar-refractivity contribution in [1.82, 2.24) is 15.3 Å². The minimum Gasteiger partial charge on any atom is -0.452 e. The highest BCUT2D eigenvalue weighted by Crippen LogP contribution is 2.22. The number of carbonyl (C=O) groups is 2. The van der Waals surface area contributed by atoms with Gasteiger partial charge < -0.3 is 19.5 Å². The van der Waals surface area contributed by atoms with E-state index in [9.17, 15) is 18.4 Å². The number of carbonyl (C=O) groups excluding carboxylic acids is 2. The number of ether oxygens (including phenoxy) is 3. The summed E-state index contributed by atoms with van der Waals surface area (Å²) in [5.41, 5.74) is 0.881. The van der Waals surface area contributed by atoms with Crippen molar-refractivity contribution in [2.45, 2.75) is 13.0 Å². The second kappa shape index (κ2) is 11.3. The maximum atomic E-state index is 12.4. The van der Waals surface area contributed by atoms with Crippen LogP contribution in [-0.4, -0.2) is 41.6 Å². The molecule has 0 saturated carbocycles. The highest BCUT2D eigenvalue weighted by Gasteiger charge is 2.17. The number of pyridine rings is 2. The third-order valence-electron chi connectivity index (χ3n) is 4.06. The van der Waals surface area contributed by atoms with E-state index in [4.69, 9.17) is 9.47 Å². The molecule has 0 radical (unpaired) electrons. The quantitative estimate of drug-likeness (QED) is 0.480. The van der Waals surface area contributed by atoms with E-state index in [0.29, 0.717) is 12.2 Å². The van der Waals surface area contributed by atoms with Gasteiger partial charge in [-0.15, -0.1) is 0 Å². The maximum Gasteiger partial charge on any atom is 0.387 e. The Bertz CT molecular complexity index is 1030. The van der Waals surface area contributed by atoms with Crippen molar-refractivity contribution in [2.24, 2.45) is 0 Å². The Balaban J connectivity index is 1.44. The lowest BCUT2D eigenvalue weighted by molar-refractivity contribution is -0.124. The predicted molar refractivity (Wildman–Crippen MR) is 109 cm³/mol. The highest BCUT2D eigenvalue weighted by atomic mass is 19.3. The molecule has 0 spiro atoms. The van der Waals surface area contributed by atoms with Gasteiger partial charge in [0.15, 0.2) is 6.61 Å². The monoisotopic (exact) mass is 443 g/mol. The fourth-order valence-corrected chi connectivity index (χ4v) is 2.59. The van der Waals surface area contributed by atoms with E-state index in [1.54, 1.807) is 36.5 Å². The van der Waals surface area contributed by atoms with Crippen molar-refractivity contribution in [3.8, 4) is 17.4 Å². The molecule has 32 heavy (non-hydrogen) atoms. The van der Waals surface area contributed by atoms with Crippen LogP contribution in [0.1, 0.15) is 15.9 Å². The molecule has 1 N–H and O–H groups in total. The molecule has 166 valence electrons. The number of esters is 1. The van der Waals surface area contributed by atoms with E-state index >= 15 is 0 Å². The van der Waals surface area contributed by atoms with Crippen LogP contribution in [0.3, 0.4) is 0 Å². The number of amides is 1. The Morgan fingerprint density at radius 3 is 2.50 bits per heavy atom. The van der Waals surface area contributed by atoms with Gasteiger partial charge in [0.25, 0.3) is 5.91 Å². The van der Waals surface area contributed by atoms with E-state index in [2.05, 4.69) is 20.0 Å². The van der Waals surface area contributed by atoms with Gasteiger partial charge in [-0.25, -0.2) is 9.78 Å². The Morgan fingerprint density at radius 2 is 1.78 bits per heavy atom. The molecule has 0 fully saturated rings. The molecule has 0 atom stereocenters. The smallest absolute Gasteiger partial charge is 0.387 e. The lowest BCUT2D eigenvalue weighted by Gasteiger charge is -2.10. The van der Waals surface area contributed by atoms with Crippen molar-refractivity contribution >= 4 is 11.9 Å². The van der Waals surface area contributed by atoms with Gasteiger partial charge in [0.05, 0.1) is 6.20 Å². The fraction of sp³-hybridized carbons (Fsp3) is 0.182. The first kappa shape index (κ1) is 22.6. The van der Waals surface area contributed by atoms with Crippen molar-refractivity contribution in [1.29, 1.82) is 0 Å². The molecule has 0 aliphatic carbocycles. The summed E-state index contributed by atoms with van der Waals surface area (Å²) in [7, 11) is 0. The van der Waals surface area contributed by atoms with E-state index in [-0.39, 0.29) is 23.7 Å². The van der Waals surface area contributed by atoms with Gasteiger partial charge in [-0.2, -0.15) is 8.78 Å². The van der Waals surface area contributed by atoms with Crippen LogP contribution < -0.4 is 14.8 Å². The SMILES string of the molecule is O=C(COC(=O)c1cccnc1Oc1cccnc1)NCCc1ccc(OC(F)F)cc1. The Hall–Kier alpha value is -4.08. The van der Waals surface area contributed by atoms with Crippen LogP contribution in [0.25, 0.3) is 0 Å². The van der Waals surface area contributed by atoms with Crippen molar-refractivity contribution in [2.75, 3.05) is 13.2 Å². The molecule has 0 saturated heterocycles. The first-order valence-corrected chi connectivity index (χ1v) is 9.52. The number of rotatable bonds is 10. The summed E-state index contributed by atoms with van der Waals surface area (Å²) in [6.07, 6.45) is 4.97. The molecule has 8 nitrogen and oxygen atoms in total. The molecule has 0 aliphatic heterocycles. The van der Waals surface area contributed by atoms with Crippen LogP contribution in [-0.2, 0) is 16.0 Å². The number of hydrogen-bond acceptors (Lipinski definition) is 7. The summed E-state index contributed by atoms with van der Waals surface area (Å²) >= 11 is 0. The number of aromatic nitrogens is 2. The predicted octanol–water partition coefficient (Wildman–Crippen LogP) is 3.39. The zero-order chi connectivity index (χ0) is 22.8. The molecular weight excluding hydrogens is 424 g/mol. The number of nitrogens with zero attached hydrogens (tertiary/aromatic N) is 2. The summed E-state index contributed by atoms with van der Waals surface area (Å²) in [6, 6.07) is 12.4. The zero-order valence-electron chi connectivity index (χ0n) is 16.7. The summed E-state index contributed by atoms with van der Waals surface area (Å²) < 4.78 is 39.2. The minimum atomic E-state index is -2.88. The van der Waals surface area contributed by atoms with Crippen LogP contribution in [0.2, 0.25) is 0 Å². The number of halogens is 2. The largest absolute Gasteiger partial charge is 0.452 e. The van der Waals surface area contributed by atoms with Crippen LogP contribution in [0.5, 0.6) is 17.4 Å². The molecule has 10 heteroatoms. The number of nitrogens with one attached hydrogen (secondary N) is 1. The first-order valence-electron chi connectivity index (χ1n) is 9.52. The fourth-order valence-electron chi connectivity index (χ4n) is 2.59. The summed E-state index contributed by atoms with van der Waals surface area (Å²) in [4.78, 5) is 32.3. The van der Waals surface area contributed by atoms with Crippen molar-refractivity contribution < 1.29 is 32.6 Å². The molecule has 0 aliphatic rings. The molecule has 2 aromatic heterocycles. The summed E-state index contributed by atoms with van der Waals surface area (Å²) in [5.74, 6) is -0.768. The van der Waals surface area contributed by atoms with E-state index in [0.717, 1.165) is 5.56 Å². The third-order valence-corrected chi connectivity index (χ3v) is 4.06. The number of alkyl halides is 2. The molecule has 1 aromatic carbocycles. The van der Waals surface area contributed by atoms with E-state index in [1.807, 2.05) is 0 Å². The molecule has 1 amide bonds. The van der Waals surface area contributed by atoms with Crippen LogP contribution in [0, 0.1) is 0 Å². The Kier molecular flexibility index (Phi) is 8.02. The van der Waals surface area contributed by atoms with Crippen LogP contribution >= 0.6 is 0 Å². The van der Waals surface area contributed by atoms with Gasteiger partial charge in [0.2, 0.25) is 5.88 Å². The van der Waals surface area contributed by atoms with Gasteiger partial charge in [0.1, 0.15) is 17.1 Å². The van der Waals surface area contributed by atoms with Crippen LogP contribution in [0.4, 0.5) is 8.78 Å². The maximum absolute atomic E-state index is 12.4. The first-order chi connectivity index (χ1) is 15.5. The molecule has 3 aromatic rings.